The van der Waals surface area contributed by atoms with Crippen molar-refractivity contribution < 1.29 is 4.74 Å². The van der Waals surface area contributed by atoms with E-state index in [2.05, 4.69) is 42.9 Å². The minimum Gasteiger partial charge on any atom is -0.463 e. The quantitative estimate of drug-likeness (QED) is 0.743. The topological polar surface area (TPSA) is 86.0 Å². The zero-order valence-electron chi connectivity index (χ0n) is 10.7. The van der Waals surface area contributed by atoms with Crippen molar-refractivity contribution in [1.29, 1.82) is 0 Å². The summed E-state index contributed by atoms with van der Waals surface area (Å²) in [5.41, 5.74) is 6.32. The lowest BCUT2D eigenvalue weighted by Crippen LogP contribution is -2.07. The van der Waals surface area contributed by atoms with Gasteiger partial charge >= 0.3 is 6.01 Å². The van der Waals surface area contributed by atoms with Gasteiger partial charge in [-0.3, -0.25) is 0 Å². The Morgan fingerprint density at radius 1 is 1.35 bits per heavy atom. The smallest absolute Gasteiger partial charge is 0.323 e. The van der Waals surface area contributed by atoms with Crippen LogP contribution in [0, 0.1) is 3.57 Å². The Labute approximate surface area is 135 Å². The molecule has 0 fully saturated rings. The van der Waals surface area contributed by atoms with Gasteiger partial charge in [-0.2, -0.15) is 15.0 Å². The molecule has 0 aliphatic rings. The SMILES string of the molecule is CCCOc1nc(N)nc(Nc2ccc(I)cc2Cl)n1. The van der Waals surface area contributed by atoms with Crippen molar-refractivity contribution in [2.24, 2.45) is 0 Å². The van der Waals surface area contributed by atoms with Crippen LogP contribution < -0.4 is 15.8 Å². The second-order valence-corrected chi connectivity index (χ2v) is 5.55. The number of halogens is 2. The third-order valence-corrected chi connectivity index (χ3v) is 3.23. The molecule has 0 saturated heterocycles. The maximum absolute atomic E-state index is 6.14. The fraction of sp³-hybridized carbons (Fsp3) is 0.250. The normalized spacial score (nSPS) is 10.3. The molecule has 0 aliphatic carbocycles. The Balaban J connectivity index is 2.21. The van der Waals surface area contributed by atoms with Gasteiger partial charge in [0.2, 0.25) is 11.9 Å². The lowest BCUT2D eigenvalue weighted by molar-refractivity contribution is 0.292. The highest BCUT2D eigenvalue weighted by atomic mass is 127. The number of hydrogen-bond acceptors (Lipinski definition) is 6. The fourth-order valence-electron chi connectivity index (χ4n) is 1.40. The van der Waals surface area contributed by atoms with E-state index in [-0.39, 0.29) is 12.0 Å². The zero-order chi connectivity index (χ0) is 14.5. The summed E-state index contributed by atoms with van der Waals surface area (Å²) in [7, 11) is 0. The van der Waals surface area contributed by atoms with E-state index < -0.39 is 0 Å². The van der Waals surface area contributed by atoms with Crippen molar-refractivity contribution >= 4 is 51.8 Å². The van der Waals surface area contributed by atoms with Gasteiger partial charge in [-0.05, 0) is 47.2 Å². The first-order valence-corrected chi connectivity index (χ1v) is 7.40. The van der Waals surface area contributed by atoms with Crippen molar-refractivity contribution in [3.8, 4) is 6.01 Å². The molecule has 1 heterocycles. The minimum absolute atomic E-state index is 0.0928. The van der Waals surface area contributed by atoms with Crippen LogP contribution in [-0.2, 0) is 0 Å². The molecule has 0 atom stereocenters. The molecule has 1 aromatic carbocycles. The molecule has 106 valence electrons. The monoisotopic (exact) mass is 405 g/mol. The lowest BCUT2D eigenvalue weighted by atomic mass is 10.3. The molecule has 3 N–H and O–H groups in total. The average molecular weight is 406 g/mol. The van der Waals surface area contributed by atoms with Gasteiger partial charge in [-0.25, -0.2) is 0 Å². The van der Waals surface area contributed by atoms with E-state index in [1.165, 1.54) is 0 Å². The highest BCUT2D eigenvalue weighted by molar-refractivity contribution is 14.1. The highest BCUT2D eigenvalue weighted by Crippen LogP contribution is 2.26. The molecule has 0 spiro atoms. The first-order valence-electron chi connectivity index (χ1n) is 5.95. The van der Waals surface area contributed by atoms with Gasteiger partial charge in [0.1, 0.15) is 0 Å². The van der Waals surface area contributed by atoms with Crippen LogP contribution in [0.4, 0.5) is 17.6 Å². The number of nitrogens with zero attached hydrogens (tertiary/aromatic N) is 3. The van der Waals surface area contributed by atoms with Crippen LogP contribution in [0.2, 0.25) is 5.02 Å². The Morgan fingerprint density at radius 2 is 2.15 bits per heavy atom. The predicted octanol–water partition coefficient (Wildman–Crippen LogP) is 3.24. The Kier molecular flexibility index (Phi) is 5.18. The van der Waals surface area contributed by atoms with Gasteiger partial charge in [0.05, 0.1) is 17.3 Å². The Morgan fingerprint density at radius 3 is 2.85 bits per heavy atom. The molecule has 0 saturated carbocycles. The number of benzene rings is 1. The van der Waals surface area contributed by atoms with Gasteiger partial charge in [-0.15, -0.1) is 0 Å². The van der Waals surface area contributed by atoms with E-state index >= 15 is 0 Å². The Bertz CT molecular complexity index is 610. The summed E-state index contributed by atoms with van der Waals surface area (Å²) >= 11 is 8.33. The van der Waals surface area contributed by atoms with Crippen LogP contribution >= 0.6 is 34.2 Å². The second-order valence-electron chi connectivity index (χ2n) is 3.90. The number of anilines is 3. The van der Waals surface area contributed by atoms with Gasteiger partial charge < -0.3 is 15.8 Å². The van der Waals surface area contributed by atoms with E-state index in [1.807, 2.05) is 25.1 Å². The first-order chi connectivity index (χ1) is 9.58. The number of hydrogen-bond donors (Lipinski definition) is 2. The second kappa shape index (κ2) is 6.89. The maximum atomic E-state index is 6.14. The molecule has 2 rings (SSSR count). The predicted molar refractivity (Wildman–Crippen MR) is 87.5 cm³/mol. The molecule has 0 aliphatic heterocycles. The van der Waals surface area contributed by atoms with Gasteiger partial charge in [-0.1, -0.05) is 18.5 Å². The summed E-state index contributed by atoms with van der Waals surface area (Å²) in [5, 5.41) is 3.58. The molecular formula is C12H13ClIN5O. The highest BCUT2D eigenvalue weighted by Gasteiger charge is 2.08. The minimum atomic E-state index is 0.0928. The van der Waals surface area contributed by atoms with Crippen molar-refractivity contribution in [3.05, 3.63) is 26.8 Å². The summed E-state index contributed by atoms with van der Waals surface area (Å²) < 4.78 is 6.39. The molecule has 6 nitrogen and oxygen atoms in total. The van der Waals surface area contributed by atoms with Crippen molar-refractivity contribution in [2.75, 3.05) is 17.7 Å². The van der Waals surface area contributed by atoms with E-state index in [9.17, 15) is 0 Å². The summed E-state index contributed by atoms with van der Waals surface area (Å²) in [6.45, 7) is 2.52. The third kappa shape index (κ3) is 4.07. The lowest BCUT2D eigenvalue weighted by Gasteiger charge is -2.09. The number of aromatic nitrogens is 3. The molecule has 20 heavy (non-hydrogen) atoms. The first kappa shape index (κ1) is 15.0. The van der Waals surface area contributed by atoms with Crippen LogP contribution in [0.5, 0.6) is 6.01 Å². The van der Waals surface area contributed by atoms with Gasteiger partial charge in [0.25, 0.3) is 0 Å². The number of nitrogens with two attached hydrogens (primary N) is 1. The van der Waals surface area contributed by atoms with Crippen molar-refractivity contribution in [1.82, 2.24) is 15.0 Å². The molecule has 0 radical (unpaired) electrons. The van der Waals surface area contributed by atoms with E-state index in [0.717, 1.165) is 9.99 Å². The molecule has 0 bridgehead atoms. The van der Waals surface area contributed by atoms with Crippen LogP contribution in [0.3, 0.4) is 0 Å². The van der Waals surface area contributed by atoms with E-state index in [4.69, 9.17) is 22.1 Å². The number of nitrogen functional groups attached to an aromatic ring is 1. The molecular weight excluding hydrogens is 393 g/mol. The number of nitrogens with one attached hydrogen (secondary N) is 1. The van der Waals surface area contributed by atoms with Crippen molar-refractivity contribution in [2.45, 2.75) is 13.3 Å². The third-order valence-electron chi connectivity index (χ3n) is 2.25. The maximum Gasteiger partial charge on any atom is 0.323 e. The number of rotatable bonds is 5. The number of ether oxygens (including phenoxy) is 1. The van der Waals surface area contributed by atoms with Crippen LogP contribution in [0.25, 0.3) is 0 Å². The van der Waals surface area contributed by atoms with Crippen LogP contribution in [0.1, 0.15) is 13.3 Å². The zero-order valence-corrected chi connectivity index (χ0v) is 13.6. The Hall–Kier alpha value is -1.35. The molecule has 1 aromatic heterocycles. The molecule has 0 unspecified atom stereocenters. The summed E-state index contributed by atoms with van der Waals surface area (Å²) in [6, 6.07) is 5.80. The van der Waals surface area contributed by atoms with Crippen LogP contribution in [-0.4, -0.2) is 21.6 Å². The summed E-state index contributed by atoms with van der Waals surface area (Å²) in [6.07, 6.45) is 0.858. The van der Waals surface area contributed by atoms with Crippen LogP contribution in [0.15, 0.2) is 18.2 Å². The molecule has 0 amide bonds. The largest absolute Gasteiger partial charge is 0.463 e. The molecule has 8 heteroatoms. The fourth-order valence-corrected chi connectivity index (χ4v) is 2.30. The summed E-state index contributed by atoms with van der Waals surface area (Å²) in [5.74, 6) is 0.391. The van der Waals surface area contributed by atoms with E-state index in [0.29, 0.717) is 23.3 Å². The standard InChI is InChI=1S/C12H13ClIN5O/c1-2-5-20-12-18-10(15)17-11(19-12)16-9-4-3-7(14)6-8(9)13/h3-4,6H,2,5H2,1H3,(H3,15,16,17,18,19). The summed E-state index contributed by atoms with van der Waals surface area (Å²) in [4.78, 5) is 12.0. The molecule has 2 aromatic rings. The van der Waals surface area contributed by atoms with Crippen molar-refractivity contribution in [3.63, 3.8) is 0 Å². The van der Waals surface area contributed by atoms with E-state index in [1.54, 1.807) is 0 Å². The van der Waals surface area contributed by atoms with Gasteiger partial charge in [0, 0.05) is 3.57 Å². The average Bonchev–Trinajstić information content (AvgIpc) is 2.39. The van der Waals surface area contributed by atoms with Gasteiger partial charge in [0.15, 0.2) is 0 Å².